The molecule has 0 amide bonds. The van der Waals surface area contributed by atoms with E-state index in [9.17, 15) is 0 Å². The maximum atomic E-state index is 7.07. The monoisotopic (exact) mass is 283 g/mol. The number of nitrogens with one attached hydrogen (secondary N) is 1. The Bertz CT molecular complexity index is 246. The fourth-order valence-electron chi connectivity index (χ4n) is 0.966. The Hall–Kier alpha value is -0.0566. The minimum Gasteiger partial charge on any atom is -0.312 e. The Morgan fingerprint density at radius 1 is 1.23 bits per heavy atom. The van der Waals surface area contributed by atoms with Gasteiger partial charge in [0.1, 0.15) is 0 Å². The summed E-state index contributed by atoms with van der Waals surface area (Å²) >= 11 is 0. The van der Waals surface area contributed by atoms with Crippen LogP contribution in [0, 0.1) is 12.3 Å². The molecule has 0 aliphatic rings. The zero-order valence-electron chi connectivity index (χ0n) is 8.02. The third kappa shape index (κ3) is 4.65. The van der Waals surface area contributed by atoms with Crippen molar-refractivity contribution < 1.29 is 19.5 Å². The molecular weight excluding hydrogens is 266 g/mol. The summed E-state index contributed by atoms with van der Waals surface area (Å²) in [6, 6.07) is 8.31. The van der Waals surface area contributed by atoms with Crippen LogP contribution < -0.4 is 0 Å². The summed E-state index contributed by atoms with van der Waals surface area (Å²) in [6.45, 7) is 4.09. The molecule has 0 fully saturated rings. The Balaban J connectivity index is 0. The van der Waals surface area contributed by atoms with Crippen molar-refractivity contribution in [2.75, 3.05) is 0 Å². The number of hydrogen-bond acceptors (Lipinski definition) is 1. The van der Waals surface area contributed by atoms with Crippen LogP contribution in [-0.4, -0.2) is 6.21 Å². The molecule has 0 heterocycles. The summed E-state index contributed by atoms with van der Waals surface area (Å²) in [5, 5.41) is 7.07. The third-order valence-corrected chi connectivity index (χ3v) is 1.85. The largest absolute Gasteiger partial charge is 0.312 e. The molecule has 0 radical (unpaired) electrons. The van der Waals surface area contributed by atoms with E-state index in [1.54, 1.807) is 0 Å². The first kappa shape index (κ1) is 15.4. The van der Waals surface area contributed by atoms with Crippen molar-refractivity contribution in [3.63, 3.8) is 0 Å². The normalized spacial score (nSPS) is 10.6. The molecule has 1 N–H and O–H groups in total. The van der Waals surface area contributed by atoms with Gasteiger partial charge < -0.3 is 5.41 Å². The number of aryl methyl sites for hydroxylation is 1. The first-order valence-corrected chi connectivity index (χ1v) is 3.81. The van der Waals surface area contributed by atoms with Gasteiger partial charge in [-0.25, -0.2) is 0 Å². The Morgan fingerprint density at radius 3 is 2.08 bits per heavy atom. The fraction of sp³-hybridized carbons (Fsp3) is 0.300. The van der Waals surface area contributed by atoms with E-state index >= 15 is 0 Å². The van der Waals surface area contributed by atoms with E-state index in [1.807, 2.05) is 6.92 Å². The van der Waals surface area contributed by atoms with Gasteiger partial charge in [-0.15, -0.1) is 0 Å². The van der Waals surface area contributed by atoms with Crippen LogP contribution in [0.1, 0.15) is 24.0 Å². The molecule has 1 aromatic rings. The summed E-state index contributed by atoms with van der Waals surface area (Å²) in [5.41, 5.74) is 2.48. The first-order valence-electron chi connectivity index (χ1n) is 3.81. The molecule has 1 rings (SSSR count). The average Bonchev–Trinajstić information content (AvgIpc) is 2.05. The van der Waals surface area contributed by atoms with Crippen LogP contribution in [0.4, 0.5) is 0 Å². The summed E-state index contributed by atoms with van der Waals surface area (Å²) in [4.78, 5) is 0. The molecule has 0 saturated heterocycles. The van der Waals surface area contributed by atoms with Gasteiger partial charge in [-0.3, -0.25) is 0 Å². The van der Waals surface area contributed by atoms with E-state index in [1.165, 1.54) is 17.3 Å². The van der Waals surface area contributed by atoms with Crippen LogP contribution in [0.25, 0.3) is 0 Å². The SMILES string of the molecule is Cc1ccc(C(C)C=N)cc1.P.[Ru]. The van der Waals surface area contributed by atoms with E-state index in [2.05, 4.69) is 31.2 Å². The van der Waals surface area contributed by atoms with Crippen molar-refractivity contribution in [1.82, 2.24) is 0 Å². The summed E-state index contributed by atoms with van der Waals surface area (Å²) < 4.78 is 0. The molecule has 2 unspecified atom stereocenters. The predicted molar refractivity (Wildman–Crippen MR) is 59.5 cm³/mol. The van der Waals surface area contributed by atoms with E-state index in [-0.39, 0.29) is 35.3 Å². The van der Waals surface area contributed by atoms with Crippen LogP contribution in [0.3, 0.4) is 0 Å². The van der Waals surface area contributed by atoms with Crippen molar-refractivity contribution in [3.05, 3.63) is 35.4 Å². The number of rotatable bonds is 2. The van der Waals surface area contributed by atoms with Crippen LogP contribution in [0.15, 0.2) is 24.3 Å². The van der Waals surface area contributed by atoms with Crippen molar-refractivity contribution in [2.45, 2.75) is 19.8 Å². The Labute approximate surface area is 96.2 Å². The Morgan fingerprint density at radius 2 is 1.69 bits per heavy atom. The average molecular weight is 282 g/mol. The molecule has 0 aromatic heterocycles. The quantitative estimate of drug-likeness (QED) is 0.490. The second-order valence-corrected chi connectivity index (χ2v) is 2.87. The maximum Gasteiger partial charge on any atom is 0.0158 e. The minimum atomic E-state index is 0. The molecule has 0 spiro atoms. The fourth-order valence-corrected chi connectivity index (χ4v) is 0.966. The summed E-state index contributed by atoms with van der Waals surface area (Å²) in [5.74, 6) is 0.246. The van der Waals surface area contributed by atoms with Gasteiger partial charge in [-0.2, -0.15) is 9.90 Å². The van der Waals surface area contributed by atoms with E-state index in [0.29, 0.717) is 0 Å². The molecule has 0 aliphatic heterocycles. The van der Waals surface area contributed by atoms with E-state index in [0.717, 1.165) is 0 Å². The molecule has 2 atom stereocenters. The second-order valence-electron chi connectivity index (χ2n) is 2.87. The van der Waals surface area contributed by atoms with Gasteiger partial charge in [0.25, 0.3) is 0 Å². The zero-order valence-corrected chi connectivity index (χ0v) is 11.2. The van der Waals surface area contributed by atoms with Crippen molar-refractivity contribution in [2.24, 2.45) is 0 Å². The van der Waals surface area contributed by atoms with Gasteiger partial charge in [0.2, 0.25) is 0 Å². The van der Waals surface area contributed by atoms with E-state index in [4.69, 9.17) is 5.41 Å². The molecule has 3 heteroatoms. The van der Waals surface area contributed by atoms with Gasteiger partial charge in [0, 0.05) is 31.6 Å². The number of hydrogen-bond donors (Lipinski definition) is 1. The smallest absolute Gasteiger partial charge is 0.0158 e. The molecule has 1 nitrogen and oxygen atoms in total. The molecule has 1 aromatic carbocycles. The van der Waals surface area contributed by atoms with Crippen LogP contribution in [0.5, 0.6) is 0 Å². The van der Waals surface area contributed by atoms with Crippen LogP contribution in [0.2, 0.25) is 0 Å². The van der Waals surface area contributed by atoms with Crippen LogP contribution >= 0.6 is 9.90 Å². The number of benzene rings is 1. The Kier molecular flexibility index (Phi) is 8.72. The molecule has 0 saturated carbocycles. The van der Waals surface area contributed by atoms with Gasteiger partial charge in [0.05, 0.1) is 0 Å². The predicted octanol–water partition coefficient (Wildman–Crippen LogP) is 2.80. The molecule has 74 valence electrons. The topological polar surface area (TPSA) is 23.9 Å². The molecule has 0 bridgehead atoms. The maximum absolute atomic E-state index is 7.07. The van der Waals surface area contributed by atoms with Crippen molar-refractivity contribution >= 4 is 16.1 Å². The van der Waals surface area contributed by atoms with Crippen LogP contribution in [-0.2, 0) is 19.5 Å². The van der Waals surface area contributed by atoms with Gasteiger partial charge in [-0.05, 0) is 12.5 Å². The summed E-state index contributed by atoms with van der Waals surface area (Å²) in [6.07, 6.45) is 1.46. The van der Waals surface area contributed by atoms with Gasteiger partial charge in [0.15, 0.2) is 0 Å². The van der Waals surface area contributed by atoms with Crippen molar-refractivity contribution in [1.29, 1.82) is 5.41 Å². The zero-order chi connectivity index (χ0) is 8.27. The molecular formula is C10H16NPRu. The first-order chi connectivity index (χ1) is 5.24. The summed E-state index contributed by atoms with van der Waals surface area (Å²) in [7, 11) is 0. The van der Waals surface area contributed by atoms with Gasteiger partial charge in [-0.1, -0.05) is 36.8 Å². The third-order valence-electron chi connectivity index (χ3n) is 1.85. The minimum absolute atomic E-state index is 0. The standard InChI is InChI=1S/C10H13N.H3P.Ru/c1-8-3-5-10(6-4-8)9(2)7-11;;/h3-7,9,11H,1-2H3;1H3;. The van der Waals surface area contributed by atoms with E-state index < -0.39 is 0 Å². The molecule has 13 heavy (non-hydrogen) atoms. The van der Waals surface area contributed by atoms with Crippen molar-refractivity contribution in [3.8, 4) is 0 Å². The molecule has 0 aliphatic carbocycles. The second kappa shape index (κ2) is 7.36. The van der Waals surface area contributed by atoms with Gasteiger partial charge >= 0.3 is 0 Å².